The van der Waals surface area contributed by atoms with Gasteiger partial charge in [0.25, 0.3) is 0 Å². The highest BCUT2D eigenvalue weighted by molar-refractivity contribution is 9.09. The summed E-state index contributed by atoms with van der Waals surface area (Å²) in [6.45, 7) is 2.12. The number of alkyl halides is 2. The molecule has 1 atom stereocenters. The SMILES string of the molecule is CC(Br)c1ccccc1.CCl.c1ccoc1. The van der Waals surface area contributed by atoms with Gasteiger partial charge in [-0.05, 0) is 24.6 Å². The van der Waals surface area contributed by atoms with Crippen molar-refractivity contribution in [3.63, 3.8) is 0 Å². The predicted octanol–water partition coefficient (Wildman–Crippen LogP) is 5.28. The van der Waals surface area contributed by atoms with E-state index >= 15 is 0 Å². The zero-order valence-corrected chi connectivity index (χ0v) is 11.8. The highest BCUT2D eigenvalue weighted by Crippen LogP contribution is 2.19. The maximum atomic E-state index is 4.64. The molecular formula is C13H16BrClO. The summed E-state index contributed by atoms with van der Waals surface area (Å²) in [5.41, 5.74) is 1.33. The first-order valence-electron chi connectivity index (χ1n) is 4.84. The fraction of sp³-hybridized carbons (Fsp3) is 0.231. The molecule has 3 heteroatoms. The smallest absolute Gasteiger partial charge is 0.0902 e. The largest absolute Gasteiger partial charge is 0.473 e. The van der Waals surface area contributed by atoms with Crippen molar-refractivity contribution in [3.8, 4) is 0 Å². The summed E-state index contributed by atoms with van der Waals surface area (Å²) in [5.74, 6) is 0. The fourth-order valence-electron chi connectivity index (χ4n) is 0.945. The van der Waals surface area contributed by atoms with Crippen LogP contribution in [0, 0.1) is 0 Å². The zero-order chi connectivity index (χ0) is 12.2. The Labute approximate surface area is 111 Å². The van der Waals surface area contributed by atoms with E-state index in [1.165, 1.54) is 11.9 Å². The van der Waals surface area contributed by atoms with Gasteiger partial charge in [0.05, 0.1) is 12.5 Å². The standard InChI is InChI=1S/C8H9Br.C4H4O.CH3Cl/c1-7(9)8-5-3-2-4-6-8;1-2-4-5-3-1;1-2/h2-7H,1H3;1-4H;1H3. The minimum atomic E-state index is 0.471. The summed E-state index contributed by atoms with van der Waals surface area (Å²) in [7, 11) is 0. The lowest BCUT2D eigenvalue weighted by Crippen LogP contribution is -1.79. The third-order valence-corrected chi connectivity index (χ3v) is 2.21. The van der Waals surface area contributed by atoms with Gasteiger partial charge in [-0.3, -0.25) is 0 Å². The topological polar surface area (TPSA) is 13.1 Å². The molecule has 0 amide bonds. The molecule has 0 fully saturated rings. The van der Waals surface area contributed by atoms with Gasteiger partial charge in [-0.15, -0.1) is 11.6 Å². The number of furan rings is 1. The Balaban J connectivity index is 0.000000272. The maximum absolute atomic E-state index is 4.64. The van der Waals surface area contributed by atoms with Crippen LogP contribution in [0.4, 0.5) is 0 Å². The van der Waals surface area contributed by atoms with Crippen LogP contribution in [0.15, 0.2) is 59.4 Å². The van der Waals surface area contributed by atoms with E-state index in [4.69, 9.17) is 0 Å². The summed E-state index contributed by atoms with van der Waals surface area (Å²) >= 11 is 8.12. The highest BCUT2D eigenvalue weighted by atomic mass is 79.9. The Kier molecular flexibility index (Phi) is 10.3. The highest BCUT2D eigenvalue weighted by Gasteiger charge is 1.95. The van der Waals surface area contributed by atoms with Crippen molar-refractivity contribution < 1.29 is 4.42 Å². The van der Waals surface area contributed by atoms with E-state index in [9.17, 15) is 0 Å². The van der Waals surface area contributed by atoms with Crippen molar-refractivity contribution in [2.45, 2.75) is 11.8 Å². The second kappa shape index (κ2) is 10.8. The fourth-order valence-corrected chi connectivity index (χ4v) is 1.25. The first-order valence-corrected chi connectivity index (χ1v) is 6.52. The minimum absolute atomic E-state index is 0.471. The zero-order valence-electron chi connectivity index (χ0n) is 9.44. The van der Waals surface area contributed by atoms with E-state index in [2.05, 4.69) is 51.0 Å². The van der Waals surface area contributed by atoms with Crippen LogP contribution in [0.5, 0.6) is 0 Å². The van der Waals surface area contributed by atoms with Crippen LogP contribution in [0.25, 0.3) is 0 Å². The van der Waals surface area contributed by atoms with Gasteiger partial charge in [0.15, 0.2) is 0 Å². The lowest BCUT2D eigenvalue weighted by molar-refractivity contribution is 0.567. The van der Waals surface area contributed by atoms with Gasteiger partial charge in [0, 0.05) is 11.2 Å². The Morgan fingerprint density at radius 3 is 1.75 bits per heavy atom. The summed E-state index contributed by atoms with van der Waals surface area (Å²) in [6, 6.07) is 14.0. The van der Waals surface area contributed by atoms with E-state index in [1.807, 2.05) is 30.3 Å². The third kappa shape index (κ3) is 7.55. The van der Waals surface area contributed by atoms with Gasteiger partial charge in [-0.25, -0.2) is 0 Å². The van der Waals surface area contributed by atoms with Crippen LogP contribution in [0.1, 0.15) is 17.3 Å². The van der Waals surface area contributed by atoms with Gasteiger partial charge in [0.2, 0.25) is 0 Å². The second-order valence-electron chi connectivity index (χ2n) is 2.82. The molecule has 1 nitrogen and oxygen atoms in total. The number of hydrogen-bond acceptors (Lipinski definition) is 1. The van der Waals surface area contributed by atoms with Crippen LogP contribution in [0.2, 0.25) is 0 Å². The van der Waals surface area contributed by atoms with E-state index in [0.717, 1.165) is 0 Å². The molecule has 1 unspecified atom stereocenters. The molecule has 2 rings (SSSR count). The molecule has 0 bridgehead atoms. The summed E-state index contributed by atoms with van der Waals surface area (Å²) < 4.78 is 4.58. The summed E-state index contributed by atoms with van der Waals surface area (Å²) in [5, 5.41) is 0. The molecule has 0 N–H and O–H groups in total. The van der Waals surface area contributed by atoms with E-state index in [0.29, 0.717) is 4.83 Å². The number of rotatable bonds is 1. The first-order chi connectivity index (χ1) is 7.80. The molecule has 0 aliphatic rings. The molecule has 0 saturated carbocycles. The predicted molar refractivity (Wildman–Crippen MR) is 74.3 cm³/mol. The molecule has 1 aromatic carbocycles. The number of halogens is 2. The Morgan fingerprint density at radius 2 is 1.50 bits per heavy atom. The average molecular weight is 304 g/mol. The van der Waals surface area contributed by atoms with Crippen molar-refractivity contribution in [2.75, 3.05) is 6.38 Å². The maximum Gasteiger partial charge on any atom is 0.0902 e. The van der Waals surface area contributed by atoms with Gasteiger partial charge in [0.1, 0.15) is 0 Å². The lowest BCUT2D eigenvalue weighted by atomic mass is 10.2. The first kappa shape index (κ1) is 15.3. The third-order valence-electron chi connectivity index (χ3n) is 1.68. The molecule has 0 aliphatic carbocycles. The van der Waals surface area contributed by atoms with Crippen molar-refractivity contribution >= 4 is 27.5 Å². The molecule has 1 heterocycles. The van der Waals surface area contributed by atoms with Crippen LogP contribution < -0.4 is 0 Å². The minimum Gasteiger partial charge on any atom is -0.473 e. The van der Waals surface area contributed by atoms with Crippen LogP contribution in [-0.2, 0) is 0 Å². The monoisotopic (exact) mass is 302 g/mol. The molecule has 88 valence electrons. The van der Waals surface area contributed by atoms with E-state index in [1.54, 1.807) is 12.5 Å². The molecular weight excluding hydrogens is 287 g/mol. The van der Waals surface area contributed by atoms with Crippen molar-refractivity contribution in [3.05, 3.63) is 60.6 Å². The normalized spacial score (nSPS) is 10.2. The van der Waals surface area contributed by atoms with Crippen LogP contribution in [-0.4, -0.2) is 6.38 Å². The molecule has 0 spiro atoms. The number of benzene rings is 1. The molecule has 1 aromatic heterocycles. The molecule has 0 aliphatic heterocycles. The summed E-state index contributed by atoms with van der Waals surface area (Å²) in [4.78, 5) is 0.471. The van der Waals surface area contributed by atoms with Crippen molar-refractivity contribution in [1.82, 2.24) is 0 Å². The quantitative estimate of drug-likeness (QED) is 0.653. The molecule has 2 aromatic rings. The van der Waals surface area contributed by atoms with Gasteiger partial charge in [-0.1, -0.05) is 46.3 Å². The Morgan fingerprint density at radius 1 is 1.00 bits per heavy atom. The Bertz CT molecular complexity index is 302. The van der Waals surface area contributed by atoms with Gasteiger partial charge >= 0.3 is 0 Å². The summed E-state index contributed by atoms with van der Waals surface area (Å²) in [6.07, 6.45) is 4.72. The van der Waals surface area contributed by atoms with Gasteiger partial charge in [-0.2, -0.15) is 0 Å². The van der Waals surface area contributed by atoms with Crippen molar-refractivity contribution in [1.29, 1.82) is 0 Å². The van der Waals surface area contributed by atoms with E-state index < -0.39 is 0 Å². The lowest BCUT2D eigenvalue weighted by Gasteiger charge is -1.99. The Hall–Kier alpha value is -0.730. The second-order valence-corrected chi connectivity index (χ2v) is 4.19. The molecule has 0 saturated heterocycles. The van der Waals surface area contributed by atoms with Crippen molar-refractivity contribution in [2.24, 2.45) is 0 Å². The van der Waals surface area contributed by atoms with E-state index in [-0.39, 0.29) is 0 Å². The van der Waals surface area contributed by atoms with Crippen LogP contribution in [0.3, 0.4) is 0 Å². The molecule has 16 heavy (non-hydrogen) atoms. The average Bonchev–Trinajstić information content (AvgIpc) is 2.91. The van der Waals surface area contributed by atoms with Crippen LogP contribution >= 0.6 is 27.5 Å². The molecule has 0 radical (unpaired) electrons. The number of hydrogen-bond donors (Lipinski definition) is 0. The van der Waals surface area contributed by atoms with Gasteiger partial charge < -0.3 is 4.42 Å².